The maximum Gasteiger partial charge on any atom is 0.239 e. The lowest BCUT2D eigenvalue weighted by atomic mass is 9.90. The van der Waals surface area contributed by atoms with Crippen molar-refractivity contribution < 1.29 is 18.4 Å². The van der Waals surface area contributed by atoms with Gasteiger partial charge in [-0.1, -0.05) is 25.1 Å². The molecule has 0 bridgehead atoms. The number of anilines is 2. The van der Waals surface area contributed by atoms with E-state index in [1.54, 1.807) is 12.1 Å². The minimum Gasteiger partial charge on any atom is -0.325 e. The molecular weight excluding hydrogens is 326 g/mol. The summed E-state index contributed by atoms with van der Waals surface area (Å²) in [5.74, 6) is -3.19. The Morgan fingerprint density at radius 3 is 2.24 bits per heavy atom. The number of benzene rings is 2. The topological polar surface area (TPSA) is 58.2 Å². The van der Waals surface area contributed by atoms with Crippen LogP contribution in [0.25, 0.3) is 0 Å². The van der Waals surface area contributed by atoms with Gasteiger partial charge in [-0.25, -0.2) is 8.78 Å². The van der Waals surface area contributed by atoms with Gasteiger partial charge in [0.25, 0.3) is 0 Å². The summed E-state index contributed by atoms with van der Waals surface area (Å²) in [5, 5.41) is 5.19. The van der Waals surface area contributed by atoms with Crippen LogP contribution in [0.4, 0.5) is 20.2 Å². The standard InChI is InChI=1S/C19H20F2N2O2/c1-4-12-7-5-6-8-16(12)23-18(25)19(2,3)17(24)22-13-9-10-14(20)15(21)11-13/h5-11H,4H2,1-3H3,(H,22,24)(H,23,25). The Balaban J connectivity index is 2.14. The third-order valence-corrected chi connectivity index (χ3v) is 3.96. The van der Waals surface area contributed by atoms with Gasteiger partial charge >= 0.3 is 0 Å². The molecule has 25 heavy (non-hydrogen) atoms. The zero-order valence-electron chi connectivity index (χ0n) is 14.3. The van der Waals surface area contributed by atoms with Gasteiger partial charge in [-0.15, -0.1) is 0 Å². The normalized spacial score (nSPS) is 11.1. The fraction of sp³-hybridized carbons (Fsp3) is 0.263. The highest BCUT2D eigenvalue weighted by Crippen LogP contribution is 2.24. The first-order valence-corrected chi connectivity index (χ1v) is 7.91. The molecule has 0 aromatic heterocycles. The van der Waals surface area contributed by atoms with E-state index in [-0.39, 0.29) is 5.69 Å². The zero-order chi connectivity index (χ0) is 18.6. The van der Waals surface area contributed by atoms with Gasteiger partial charge in [0.15, 0.2) is 11.6 Å². The van der Waals surface area contributed by atoms with Crippen molar-refractivity contribution in [1.29, 1.82) is 0 Å². The first-order chi connectivity index (χ1) is 11.8. The molecule has 0 spiro atoms. The number of para-hydroxylation sites is 1. The maximum atomic E-state index is 13.3. The number of hydrogen-bond donors (Lipinski definition) is 2. The van der Waals surface area contributed by atoms with Crippen molar-refractivity contribution in [1.82, 2.24) is 0 Å². The van der Waals surface area contributed by atoms with Crippen LogP contribution in [-0.4, -0.2) is 11.8 Å². The summed E-state index contributed by atoms with van der Waals surface area (Å²) < 4.78 is 26.2. The second-order valence-corrected chi connectivity index (χ2v) is 6.17. The maximum absolute atomic E-state index is 13.3. The predicted molar refractivity (Wildman–Crippen MR) is 93.2 cm³/mol. The van der Waals surface area contributed by atoms with Crippen LogP contribution in [0, 0.1) is 17.0 Å². The number of aryl methyl sites for hydroxylation is 1. The fourth-order valence-corrected chi connectivity index (χ4v) is 2.19. The Bertz CT molecular complexity index is 804. The summed E-state index contributed by atoms with van der Waals surface area (Å²) in [6.45, 7) is 4.89. The van der Waals surface area contributed by atoms with Gasteiger partial charge in [0.1, 0.15) is 5.41 Å². The summed E-state index contributed by atoms with van der Waals surface area (Å²) in [7, 11) is 0. The fourth-order valence-electron chi connectivity index (χ4n) is 2.19. The van der Waals surface area contributed by atoms with Crippen LogP contribution in [0.5, 0.6) is 0 Å². The van der Waals surface area contributed by atoms with Crippen molar-refractivity contribution in [3.05, 3.63) is 59.7 Å². The molecule has 0 saturated carbocycles. The number of amides is 2. The number of hydrogen-bond acceptors (Lipinski definition) is 2. The summed E-state index contributed by atoms with van der Waals surface area (Å²) >= 11 is 0. The number of carbonyl (C=O) groups excluding carboxylic acids is 2. The van der Waals surface area contributed by atoms with E-state index in [1.807, 2.05) is 19.1 Å². The quantitative estimate of drug-likeness (QED) is 0.800. The SMILES string of the molecule is CCc1ccccc1NC(=O)C(C)(C)C(=O)Nc1ccc(F)c(F)c1. The minimum absolute atomic E-state index is 0.0822. The van der Waals surface area contributed by atoms with Gasteiger partial charge in [0.05, 0.1) is 0 Å². The summed E-state index contributed by atoms with van der Waals surface area (Å²) in [6, 6.07) is 10.3. The molecule has 2 N–H and O–H groups in total. The summed E-state index contributed by atoms with van der Waals surface area (Å²) in [6.07, 6.45) is 0.734. The summed E-state index contributed by atoms with van der Waals surface area (Å²) in [4.78, 5) is 25.0. The molecule has 0 unspecified atom stereocenters. The number of halogens is 2. The molecule has 0 radical (unpaired) electrons. The number of carbonyl (C=O) groups is 2. The molecule has 0 aliphatic carbocycles. The molecule has 2 aromatic carbocycles. The van der Waals surface area contributed by atoms with E-state index in [0.29, 0.717) is 5.69 Å². The molecule has 132 valence electrons. The van der Waals surface area contributed by atoms with Crippen LogP contribution >= 0.6 is 0 Å². The largest absolute Gasteiger partial charge is 0.325 e. The second-order valence-electron chi connectivity index (χ2n) is 6.17. The summed E-state index contributed by atoms with van der Waals surface area (Å²) in [5.41, 5.74) is 0.265. The number of nitrogens with one attached hydrogen (secondary N) is 2. The van der Waals surface area contributed by atoms with Crippen molar-refractivity contribution in [2.24, 2.45) is 5.41 Å². The highest BCUT2D eigenvalue weighted by atomic mass is 19.2. The van der Waals surface area contributed by atoms with E-state index in [9.17, 15) is 18.4 Å². The molecule has 6 heteroatoms. The molecule has 0 aliphatic heterocycles. The van der Waals surface area contributed by atoms with Crippen molar-refractivity contribution >= 4 is 23.2 Å². The van der Waals surface area contributed by atoms with Gasteiger partial charge in [-0.05, 0) is 44.0 Å². The van der Waals surface area contributed by atoms with E-state index in [2.05, 4.69) is 10.6 Å². The zero-order valence-corrected chi connectivity index (χ0v) is 14.3. The Morgan fingerprint density at radius 2 is 1.60 bits per heavy atom. The average Bonchev–Trinajstić information content (AvgIpc) is 2.58. The van der Waals surface area contributed by atoms with Crippen molar-refractivity contribution in [2.75, 3.05) is 10.6 Å². The lowest BCUT2D eigenvalue weighted by Crippen LogP contribution is -2.41. The Morgan fingerprint density at radius 1 is 0.960 bits per heavy atom. The Hall–Kier alpha value is -2.76. The Labute approximate surface area is 145 Å². The van der Waals surface area contributed by atoms with Gasteiger partial charge in [0.2, 0.25) is 11.8 Å². The van der Waals surface area contributed by atoms with E-state index in [0.717, 1.165) is 24.1 Å². The third kappa shape index (κ3) is 4.21. The van der Waals surface area contributed by atoms with Crippen LogP contribution in [-0.2, 0) is 16.0 Å². The van der Waals surface area contributed by atoms with Crippen LogP contribution in [0.3, 0.4) is 0 Å². The lowest BCUT2D eigenvalue weighted by molar-refractivity contribution is -0.135. The van der Waals surface area contributed by atoms with E-state index in [4.69, 9.17) is 0 Å². The first kappa shape index (κ1) is 18.6. The highest BCUT2D eigenvalue weighted by Gasteiger charge is 2.36. The van der Waals surface area contributed by atoms with Crippen molar-refractivity contribution in [2.45, 2.75) is 27.2 Å². The highest BCUT2D eigenvalue weighted by molar-refractivity contribution is 6.14. The molecule has 4 nitrogen and oxygen atoms in total. The van der Waals surface area contributed by atoms with E-state index >= 15 is 0 Å². The van der Waals surface area contributed by atoms with Gasteiger partial charge in [0, 0.05) is 17.4 Å². The molecule has 2 amide bonds. The van der Waals surface area contributed by atoms with Crippen LogP contribution in [0.2, 0.25) is 0 Å². The minimum atomic E-state index is -1.41. The van der Waals surface area contributed by atoms with Crippen LogP contribution in [0.15, 0.2) is 42.5 Å². The van der Waals surface area contributed by atoms with Crippen molar-refractivity contribution in [3.63, 3.8) is 0 Å². The molecule has 2 aromatic rings. The van der Waals surface area contributed by atoms with Gasteiger partial charge in [-0.3, -0.25) is 9.59 Å². The molecule has 2 rings (SSSR count). The van der Waals surface area contributed by atoms with E-state index in [1.165, 1.54) is 19.9 Å². The number of rotatable bonds is 5. The van der Waals surface area contributed by atoms with Crippen LogP contribution < -0.4 is 10.6 Å². The van der Waals surface area contributed by atoms with Gasteiger partial charge in [-0.2, -0.15) is 0 Å². The van der Waals surface area contributed by atoms with Crippen LogP contribution in [0.1, 0.15) is 26.3 Å². The predicted octanol–water partition coefficient (Wildman–Crippen LogP) is 4.13. The lowest BCUT2D eigenvalue weighted by Gasteiger charge is -2.23. The first-order valence-electron chi connectivity index (χ1n) is 7.91. The third-order valence-electron chi connectivity index (χ3n) is 3.96. The van der Waals surface area contributed by atoms with E-state index < -0.39 is 28.9 Å². The smallest absolute Gasteiger partial charge is 0.239 e. The molecule has 0 aliphatic rings. The Kier molecular flexibility index (Phi) is 5.51. The molecule has 0 fully saturated rings. The monoisotopic (exact) mass is 346 g/mol. The second kappa shape index (κ2) is 7.42. The molecule has 0 heterocycles. The van der Waals surface area contributed by atoms with Gasteiger partial charge < -0.3 is 10.6 Å². The average molecular weight is 346 g/mol. The van der Waals surface area contributed by atoms with Crippen molar-refractivity contribution in [3.8, 4) is 0 Å². The molecule has 0 atom stereocenters. The molecular formula is C19H20F2N2O2. The molecule has 0 saturated heterocycles.